The van der Waals surface area contributed by atoms with Crippen molar-refractivity contribution in [3.63, 3.8) is 0 Å². The van der Waals surface area contributed by atoms with Crippen LogP contribution < -0.4 is 11.0 Å². The number of aromatic nitrogens is 2. The van der Waals surface area contributed by atoms with Crippen LogP contribution in [0, 0.1) is 0 Å². The minimum atomic E-state index is -3.37. The largest absolute Gasteiger partial charge is 0.353 e. The highest BCUT2D eigenvalue weighted by atomic mass is 31.2. The second-order valence-corrected chi connectivity index (χ2v) is 8.84. The van der Waals surface area contributed by atoms with E-state index in [4.69, 9.17) is 18.5 Å². The number of amides is 1. The van der Waals surface area contributed by atoms with Gasteiger partial charge >= 0.3 is 13.3 Å². The Morgan fingerprint density at radius 1 is 1.39 bits per heavy atom. The number of anilines is 1. The molecule has 1 N–H and O–H groups in total. The number of nitrogens with one attached hydrogen (secondary N) is 1. The van der Waals surface area contributed by atoms with E-state index in [-0.39, 0.29) is 31.2 Å². The molecule has 1 aliphatic heterocycles. The number of aryl methyl sites for hydroxylation is 1. The zero-order valence-electron chi connectivity index (χ0n) is 18.3. The van der Waals surface area contributed by atoms with Gasteiger partial charge in [-0.2, -0.15) is 4.98 Å². The summed E-state index contributed by atoms with van der Waals surface area (Å²) in [6, 6.07) is 1.55. The zero-order valence-corrected chi connectivity index (χ0v) is 19.2. The van der Waals surface area contributed by atoms with Crippen molar-refractivity contribution in [3.8, 4) is 0 Å². The Labute approximate surface area is 182 Å². The normalized spacial score (nSPS) is 18.2. The average Bonchev–Trinajstić information content (AvgIpc) is 2.72. The van der Waals surface area contributed by atoms with Gasteiger partial charge in [0.2, 0.25) is 5.91 Å². The van der Waals surface area contributed by atoms with E-state index >= 15 is 0 Å². The van der Waals surface area contributed by atoms with E-state index in [1.165, 1.54) is 17.3 Å². The molecule has 2 atom stereocenters. The lowest BCUT2D eigenvalue weighted by molar-refractivity contribution is -0.179. The predicted octanol–water partition coefficient (Wildman–Crippen LogP) is 3.28. The maximum atomic E-state index is 12.7. The summed E-state index contributed by atoms with van der Waals surface area (Å²) in [6.45, 7) is 6.27. The molecule has 1 saturated heterocycles. The fraction of sp³-hybridized carbons (Fsp3) is 0.650. The van der Waals surface area contributed by atoms with Crippen molar-refractivity contribution in [2.45, 2.75) is 65.4 Å². The molecule has 11 heteroatoms. The fourth-order valence-corrected chi connectivity index (χ4v) is 4.39. The SMILES string of the molecule is CCOP(=O)(/C=C/[C@H](CCn1ccc(NC(C)=O)nc1=O)O[C@@H]1CCCCO1)OCC. The Bertz CT molecular complexity index is 826. The van der Waals surface area contributed by atoms with Gasteiger partial charge in [-0.25, -0.2) is 4.79 Å². The molecule has 1 aliphatic rings. The van der Waals surface area contributed by atoms with Crippen molar-refractivity contribution in [1.82, 2.24) is 9.55 Å². The number of nitrogens with zero attached hydrogens (tertiary/aromatic N) is 2. The van der Waals surface area contributed by atoms with Gasteiger partial charge in [0, 0.05) is 32.1 Å². The van der Waals surface area contributed by atoms with E-state index in [0.717, 1.165) is 19.3 Å². The second-order valence-electron chi connectivity index (χ2n) is 6.95. The van der Waals surface area contributed by atoms with Gasteiger partial charge in [0.15, 0.2) is 6.29 Å². The van der Waals surface area contributed by atoms with Crippen LogP contribution in [0.4, 0.5) is 5.82 Å². The van der Waals surface area contributed by atoms with Crippen LogP contribution in [-0.4, -0.2) is 47.7 Å². The number of hydrogen-bond acceptors (Lipinski definition) is 8. The Balaban J connectivity index is 2.10. The first-order valence-corrected chi connectivity index (χ1v) is 12.2. The highest BCUT2D eigenvalue weighted by Gasteiger charge is 2.23. The summed E-state index contributed by atoms with van der Waals surface area (Å²) in [5.41, 5.74) is -0.489. The van der Waals surface area contributed by atoms with Crippen LogP contribution >= 0.6 is 7.60 Å². The molecule has 2 rings (SSSR count). The molecule has 1 fully saturated rings. The smallest absolute Gasteiger partial charge is 0.353 e. The van der Waals surface area contributed by atoms with Crippen molar-refractivity contribution < 1.29 is 27.9 Å². The van der Waals surface area contributed by atoms with Gasteiger partial charge in [-0.15, -0.1) is 0 Å². The van der Waals surface area contributed by atoms with Crippen molar-refractivity contribution in [2.75, 3.05) is 25.1 Å². The van der Waals surface area contributed by atoms with Crippen LogP contribution in [0.1, 0.15) is 46.5 Å². The molecule has 0 aliphatic carbocycles. The fourth-order valence-electron chi connectivity index (χ4n) is 3.02. The van der Waals surface area contributed by atoms with Crippen LogP contribution in [0.15, 0.2) is 29.0 Å². The molecule has 0 saturated carbocycles. The lowest BCUT2D eigenvalue weighted by atomic mass is 10.2. The summed E-state index contributed by atoms with van der Waals surface area (Å²) in [6.07, 6.45) is 5.55. The van der Waals surface area contributed by atoms with Crippen molar-refractivity contribution in [1.29, 1.82) is 0 Å². The molecular formula is C20H32N3O7P. The van der Waals surface area contributed by atoms with E-state index < -0.39 is 19.4 Å². The molecule has 10 nitrogen and oxygen atoms in total. The van der Waals surface area contributed by atoms with Crippen LogP contribution in [0.25, 0.3) is 0 Å². The van der Waals surface area contributed by atoms with Crippen molar-refractivity contribution in [2.24, 2.45) is 0 Å². The molecule has 31 heavy (non-hydrogen) atoms. The minimum absolute atomic E-state index is 0.200. The standard InChI is InChI=1S/C20H32N3O7P/c1-4-28-31(26,29-5-2)15-11-17(30-19-8-6-7-14-27-19)9-12-23-13-10-18(21-16(3)24)22-20(23)25/h10-11,13,15,17,19H,4-9,12,14H2,1-3H3,(H,21,22,24,25)/b15-11+/t17-,19+/m0/s1. The average molecular weight is 457 g/mol. The van der Waals surface area contributed by atoms with Crippen LogP contribution in [0.2, 0.25) is 0 Å². The third kappa shape index (κ3) is 9.04. The molecule has 0 bridgehead atoms. The summed E-state index contributed by atoms with van der Waals surface area (Å²) in [4.78, 5) is 27.2. The lowest BCUT2D eigenvalue weighted by Crippen LogP contribution is -2.29. The number of rotatable bonds is 12. The number of carbonyl (C=O) groups is 1. The molecular weight excluding hydrogens is 425 g/mol. The Kier molecular flexibility index (Phi) is 10.6. The highest BCUT2D eigenvalue weighted by molar-refractivity contribution is 7.57. The summed E-state index contributed by atoms with van der Waals surface area (Å²) in [7, 11) is -3.37. The van der Waals surface area contributed by atoms with E-state index in [1.807, 2.05) is 0 Å². The van der Waals surface area contributed by atoms with Crippen LogP contribution in [0.3, 0.4) is 0 Å². The molecule has 0 radical (unpaired) electrons. The first-order chi connectivity index (χ1) is 14.8. The summed E-state index contributed by atoms with van der Waals surface area (Å²) in [5.74, 6) is 1.31. The highest BCUT2D eigenvalue weighted by Crippen LogP contribution is 2.49. The Morgan fingerprint density at radius 3 is 2.71 bits per heavy atom. The number of ether oxygens (including phenoxy) is 2. The molecule has 1 aromatic heterocycles. The zero-order chi connectivity index (χ0) is 22.7. The first-order valence-electron chi connectivity index (χ1n) is 10.6. The molecule has 0 unspecified atom stereocenters. The van der Waals surface area contributed by atoms with Gasteiger partial charge in [-0.1, -0.05) is 0 Å². The predicted molar refractivity (Wildman–Crippen MR) is 116 cm³/mol. The minimum Gasteiger partial charge on any atom is -0.353 e. The maximum absolute atomic E-state index is 12.7. The summed E-state index contributed by atoms with van der Waals surface area (Å²) >= 11 is 0. The van der Waals surface area contributed by atoms with Gasteiger partial charge in [-0.05, 0) is 51.7 Å². The third-order valence-electron chi connectivity index (χ3n) is 4.40. The first kappa shape index (κ1) is 25.4. The van der Waals surface area contributed by atoms with Crippen molar-refractivity contribution >= 4 is 19.3 Å². The second kappa shape index (κ2) is 12.9. The number of hydrogen-bond donors (Lipinski definition) is 1. The quantitative estimate of drug-likeness (QED) is 0.475. The summed E-state index contributed by atoms with van der Waals surface area (Å²) in [5, 5.41) is 2.48. The van der Waals surface area contributed by atoms with Crippen molar-refractivity contribution in [3.05, 3.63) is 34.6 Å². The van der Waals surface area contributed by atoms with Gasteiger partial charge in [0.05, 0.1) is 19.3 Å². The molecule has 1 amide bonds. The van der Waals surface area contributed by atoms with Gasteiger partial charge in [-0.3, -0.25) is 13.9 Å². The molecule has 1 aromatic rings. The van der Waals surface area contributed by atoms with Crippen LogP contribution in [0.5, 0.6) is 0 Å². The van der Waals surface area contributed by atoms with E-state index in [0.29, 0.717) is 19.6 Å². The van der Waals surface area contributed by atoms with E-state index in [9.17, 15) is 14.2 Å². The van der Waals surface area contributed by atoms with E-state index in [1.54, 1.807) is 32.2 Å². The number of carbonyl (C=O) groups excluding carboxylic acids is 1. The van der Waals surface area contributed by atoms with Gasteiger partial charge < -0.3 is 23.8 Å². The molecule has 0 spiro atoms. The molecule has 174 valence electrons. The molecule has 0 aromatic carbocycles. The molecule has 2 heterocycles. The maximum Gasteiger partial charge on any atom is 0.353 e. The van der Waals surface area contributed by atoms with E-state index in [2.05, 4.69) is 10.3 Å². The van der Waals surface area contributed by atoms with Gasteiger partial charge in [0.25, 0.3) is 0 Å². The lowest BCUT2D eigenvalue weighted by Gasteiger charge is -2.27. The van der Waals surface area contributed by atoms with Gasteiger partial charge in [0.1, 0.15) is 5.82 Å². The van der Waals surface area contributed by atoms with Crippen LogP contribution in [-0.2, 0) is 34.4 Å². The Hall–Kier alpha value is -1.84. The summed E-state index contributed by atoms with van der Waals surface area (Å²) < 4.78 is 36.5. The monoisotopic (exact) mass is 457 g/mol. The Morgan fingerprint density at radius 2 is 2.13 bits per heavy atom. The topological polar surface area (TPSA) is 118 Å². The third-order valence-corrected chi connectivity index (χ3v) is 6.17.